The van der Waals surface area contributed by atoms with Crippen LogP contribution >= 0.6 is 27.5 Å². The summed E-state index contributed by atoms with van der Waals surface area (Å²) in [5.74, 6) is 2.42. The van der Waals surface area contributed by atoms with Crippen molar-refractivity contribution in [3.05, 3.63) is 22.2 Å². The molecule has 2 atom stereocenters. The van der Waals surface area contributed by atoms with Crippen LogP contribution in [0.3, 0.4) is 0 Å². The monoisotopic (exact) mass is 334 g/mol. The quantitative estimate of drug-likeness (QED) is 0.702. The molecule has 0 fully saturated rings. The highest BCUT2D eigenvalue weighted by Gasteiger charge is 2.24. The summed E-state index contributed by atoms with van der Waals surface area (Å²) >= 11 is 10.0. The molecule has 0 radical (unpaired) electrons. The summed E-state index contributed by atoms with van der Waals surface area (Å²) < 4.78 is 11.6. The summed E-state index contributed by atoms with van der Waals surface area (Å²) in [4.78, 5) is 0. The molecule has 102 valence electrons. The van der Waals surface area contributed by atoms with Crippen molar-refractivity contribution in [1.29, 1.82) is 0 Å². The average molecular weight is 336 g/mol. The largest absolute Gasteiger partial charge is 0.496 e. The maximum absolute atomic E-state index is 6.57. The highest BCUT2D eigenvalue weighted by molar-refractivity contribution is 9.10. The molecule has 0 spiro atoms. The van der Waals surface area contributed by atoms with Gasteiger partial charge in [-0.3, -0.25) is 0 Å². The van der Waals surface area contributed by atoms with E-state index in [1.165, 1.54) is 0 Å². The lowest BCUT2D eigenvalue weighted by molar-refractivity contribution is 0.373. The lowest BCUT2D eigenvalue weighted by Gasteiger charge is -2.24. The second-order valence-electron chi connectivity index (χ2n) is 4.73. The fourth-order valence-electron chi connectivity index (χ4n) is 1.72. The molecule has 4 heteroatoms. The molecule has 1 rings (SSSR count). The van der Waals surface area contributed by atoms with E-state index in [0.29, 0.717) is 11.8 Å². The van der Waals surface area contributed by atoms with E-state index in [-0.39, 0.29) is 5.38 Å². The fourth-order valence-corrected chi connectivity index (χ4v) is 2.67. The first-order chi connectivity index (χ1) is 8.42. The summed E-state index contributed by atoms with van der Waals surface area (Å²) in [6.45, 7) is 6.49. The van der Waals surface area contributed by atoms with E-state index in [9.17, 15) is 0 Å². The highest BCUT2D eigenvalue weighted by atomic mass is 79.9. The van der Waals surface area contributed by atoms with Gasteiger partial charge in [0.25, 0.3) is 0 Å². The van der Waals surface area contributed by atoms with Crippen molar-refractivity contribution in [2.45, 2.75) is 26.1 Å². The van der Waals surface area contributed by atoms with E-state index in [1.54, 1.807) is 14.2 Å². The molecule has 1 aromatic carbocycles. The Morgan fingerprint density at radius 3 is 2.06 bits per heavy atom. The zero-order valence-electron chi connectivity index (χ0n) is 11.5. The first-order valence-corrected chi connectivity index (χ1v) is 7.20. The minimum absolute atomic E-state index is 0.0954. The zero-order valence-corrected chi connectivity index (χ0v) is 13.8. The van der Waals surface area contributed by atoms with E-state index < -0.39 is 0 Å². The van der Waals surface area contributed by atoms with Gasteiger partial charge in [-0.15, -0.1) is 11.6 Å². The van der Waals surface area contributed by atoms with E-state index >= 15 is 0 Å². The van der Waals surface area contributed by atoms with Crippen LogP contribution in [0.2, 0.25) is 0 Å². The standard InChI is InChI=1S/C14H20BrClO2/c1-8(2)9(3)14(16)10-6-13(18-5)11(15)7-12(10)17-4/h6-9,14H,1-5H3. The Kier molecular flexibility index (Phi) is 5.80. The average Bonchev–Trinajstić information content (AvgIpc) is 2.36. The summed E-state index contributed by atoms with van der Waals surface area (Å²) in [5.41, 5.74) is 0.973. The van der Waals surface area contributed by atoms with Crippen LogP contribution < -0.4 is 9.47 Å². The SMILES string of the molecule is COc1cc(C(Cl)C(C)C(C)C)c(OC)cc1Br. The number of benzene rings is 1. The van der Waals surface area contributed by atoms with Gasteiger partial charge in [0.2, 0.25) is 0 Å². The topological polar surface area (TPSA) is 18.5 Å². The van der Waals surface area contributed by atoms with Crippen molar-refractivity contribution < 1.29 is 9.47 Å². The first kappa shape index (κ1) is 15.6. The summed E-state index contributed by atoms with van der Waals surface area (Å²) in [6, 6.07) is 3.84. The normalized spacial score (nSPS) is 14.4. The minimum atomic E-state index is -0.0954. The Labute approximate surface area is 123 Å². The smallest absolute Gasteiger partial charge is 0.133 e. The predicted octanol–water partition coefficient (Wildman–Crippen LogP) is 5.04. The zero-order chi connectivity index (χ0) is 13.9. The molecule has 0 aliphatic carbocycles. The van der Waals surface area contributed by atoms with Gasteiger partial charge in [-0.1, -0.05) is 20.8 Å². The summed E-state index contributed by atoms with van der Waals surface area (Å²) in [5, 5.41) is -0.0954. The Balaban J connectivity index is 3.21. The molecular formula is C14H20BrClO2. The fraction of sp³-hybridized carbons (Fsp3) is 0.571. The molecule has 1 aromatic rings. The van der Waals surface area contributed by atoms with Crippen LogP contribution in [0, 0.1) is 11.8 Å². The molecule has 0 aliphatic heterocycles. The van der Waals surface area contributed by atoms with Gasteiger partial charge in [-0.25, -0.2) is 0 Å². The van der Waals surface area contributed by atoms with Crippen LogP contribution in [-0.2, 0) is 0 Å². The van der Waals surface area contributed by atoms with Gasteiger partial charge in [0, 0.05) is 5.56 Å². The van der Waals surface area contributed by atoms with E-state index in [1.807, 2.05) is 12.1 Å². The maximum atomic E-state index is 6.57. The second-order valence-corrected chi connectivity index (χ2v) is 6.06. The molecule has 0 aliphatic rings. The lowest BCUT2D eigenvalue weighted by atomic mass is 9.90. The van der Waals surface area contributed by atoms with Crippen molar-refractivity contribution in [2.75, 3.05) is 14.2 Å². The molecule has 0 aromatic heterocycles. The van der Waals surface area contributed by atoms with Crippen LogP contribution in [0.4, 0.5) is 0 Å². The van der Waals surface area contributed by atoms with Crippen molar-refractivity contribution in [1.82, 2.24) is 0 Å². The lowest BCUT2D eigenvalue weighted by Crippen LogP contribution is -2.12. The predicted molar refractivity (Wildman–Crippen MR) is 79.8 cm³/mol. The van der Waals surface area contributed by atoms with Crippen molar-refractivity contribution >= 4 is 27.5 Å². The molecular weight excluding hydrogens is 316 g/mol. The molecule has 2 nitrogen and oxygen atoms in total. The van der Waals surface area contributed by atoms with Gasteiger partial charge in [0.15, 0.2) is 0 Å². The third-order valence-corrected chi connectivity index (χ3v) is 4.57. The molecule has 0 bridgehead atoms. The van der Waals surface area contributed by atoms with Crippen LogP contribution in [0.1, 0.15) is 31.7 Å². The Bertz CT molecular complexity index is 407. The van der Waals surface area contributed by atoms with Gasteiger partial charge >= 0.3 is 0 Å². The number of rotatable bonds is 5. The minimum Gasteiger partial charge on any atom is -0.496 e. The number of hydrogen-bond donors (Lipinski definition) is 0. The maximum Gasteiger partial charge on any atom is 0.133 e. The summed E-state index contributed by atoms with van der Waals surface area (Å²) in [6.07, 6.45) is 0. The van der Waals surface area contributed by atoms with E-state index in [2.05, 4.69) is 36.7 Å². The Morgan fingerprint density at radius 1 is 1.06 bits per heavy atom. The van der Waals surface area contributed by atoms with Crippen LogP contribution in [0.15, 0.2) is 16.6 Å². The van der Waals surface area contributed by atoms with Crippen LogP contribution in [-0.4, -0.2) is 14.2 Å². The number of methoxy groups -OCH3 is 2. The third-order valence-electron chi connectivity index (χ3n) is 3.31. The van der Waals surface area contributed by atoms with Crippen LogP contribution in [0.5, 0.6) is 11.5 Å². The number of halogens is 2. The van der Waals surface area contributed by atoms with Crippen LogP contribution in [0.25, 0.3) is 0 Å². The molecule has 0 saturated carbocycles. The third kappa shape index (κ3) is 3.33. The van der Waals surface area contributed by atoms with Gasteiger partial charge < -0.3 is 9.47 Å². The number of ether oxygens (including phenoxy) is 2. The Hall–Kier alpha value is -0.410. The van der Waals surface area contributed by atoms with Crippen molar-refractivity contribution in [2.24, 2.45) is 11.8 Å². The van der Waals surface area contributed by atoms with Crippen molar-refractivity contribution in [3.8, 4) is 11.5 Å². The Morgan fingerprint density at radius 2 is 1.61 bits per heavy atom. The number of alkyl halides is 1. The summed E-state index contributed by atoms with van der Waals surface area (Å²) in [7, 11) is 3.30. The highest BCUT2D eigenvalue weighted by Crippen LogP contribution is 2.42. The van der Waals surface area contributed by atoms with Gasteiger partial charge in [0.05, 0.1) is 24.1 Å². The first-order valence-electron chi connectivity index (χ1n) is 5.97. The molecule has 18 heavy (non-hydrogen) atoms. The molecule has 0 amide bonds. The van der Waals surface area contributed by atoms with Gasteiger partial charge in [-0.05, 0) is 39.9 Å². The second kappa shape index (κ2) is 6.67. The molecule has 0 saturated heterocycles. The van der Waals surface area contributed by atoms with E-state index in [0.717, 1.165) is 21.5 Å². The number of hydrogen-bond acceptors (Lipinski definition) is 2. The van der Waals surface area contributed by atoms with Gasteiger partial charge in [0.1, 0.15) is 11.5 Å². The molecule has 0 N–H and O–H groups in total. The van der Waals surface area contributed by atoms with Crippen molar-refractivity contribution in [3.63, 3.8) is 0 Å². The molecule has 0 heterocycles. The van der Waals surface area contributed by atoms with E-state index in [4.69, 9.17) is 21.1 Å². The van der Waals surface area contributed by atoms with Gasteiger partial charge in [-0.2, -0.15) is 0 Å². The molecule has 2 unspecified atom stereocenters.